The molecule has 2 heterocycles. The average Bonchev–Trinajstić information content (AvgIpc) is 2.87. The van der Waals surface area contributed by atoms with Gasteiger partial charge in [-0.05, 0) is 25.8 Å². The lowest BCUT2D eigenvalue weighted by atomic mass is 10.00. The maximum Gasteiger partial charge on any atom is 0.242 e. The molecule has 0 aromatic carbocycles. The van der Waals surface area contributed by atoms with E-state index in [-0.39, 0.29) is 36.1 Å². The number of hydrogen-bond acceptors (Lipinski definition) is 4. The van der Waals surface area contributed by atoms with E-state index in [0.29, 0.717) is 13.1 Å². The van der Waals surface area contributed by atoms with Crippen LogP contribution in [0.1, 0.15) is 25.7 Å². The van der Waals surface area contributed by atoms with Gasteiger partial charge < -0.3 is 10.2 Å². The van der Waals surface area contributed by atoms with Crippen LogP contribution in [0.25, 0.3) is 0 Å². The normalized spacial score (nSPS) is 30.6. The van der Waals surface area contributed by atoms with Gasteiger partial charge in [-0.1, -0.05) is 6.42 Å². The van der Waals surface area contributed by atoms with Crippen LogP contribution in [-0.2, 0) is 14.4 Å². The minimum absolute atomic E-state index is 0.0648. The molecule has 2 unspecified atom stereocenters. The molecule has 20 heavy (non-hydrogen) atoms. The Balaban J connectivity index is 1.63. The first-order valence-electron chi connectivity index (χ1n) is 7.52. The predicted molar refractivity (Wildman–Crippen MR) is 71.6 cm³/mol. The number of rotatable bonds is 2. The molecular formula is C14H21N3O3. The first-order valence-corrected chi connectivity index (χ1v) is 7.52. The van der Waals surface area contributed by atoms with Gasteiger partial charge in [-0.3, -0.25) is 19.3 Å². The zero-order chi connectivity index (χ0) is 14.1. The van der Waals surface area contributed by atoms with E-state index in [1.807, 2.05) is 0 Å². The monoisotopic (exact) mass is 279 g/mol. The van der Waals surface area contributed by atoms with Crippen molar-refractivity contribution in [1.82, 2.24) is 15.1 Å². The second kappa shape index (κ2) is 5.52. The van der Waals surface area contributed by atoms with Gasteiger partial charge in [0.25, 0.3) is 0 Å². The number of imide groups is 1. The highest BCUT2D eigenvalue weighted by Gasteiger charge is 2.50. The molecule has 3 aliphatic rings. The van der Waals surface area contributed by atoms with Gasteiger partial charge in [0.05, 0.1) is 11.8 Å². The molecule has 3 fully saturated rings. The van der Waals surface area contributed by atoms with Crippen molar-refractivity contribution >= 4 is 17.7 Å². The van der Waals surface area contributed by atoms with Crippen LogP contribution in [0.5, 0.6) is 0 Å². The quantitative estimate of drug-likeness (QED) is 0.698. The Bertz CT molecular complexity index is 407. The largest absolute Gasteiger partial charge is 0.340 e. The number of amides is 3. The first kappa shape index (κ1) is 13.5. The first-order chi connectivity index (χ1) is 9.68. The highest BCUT2D eigenvalue weighted by molar-refractivity contribution is 6.07. The SMILES string of the molecule is O=C(CN1C(=O)C2CCCC2C1=O)N1CCCNCC1. The Morgan fingerprint density at radius 2 is 1.75 bits per heavy atom. The number of nitrogens with one attached hydrogen (secondary N) is 1. The minimum atomic E-state index is -0.152. The molecule has 2 atom stereocenters. The molecule has 6 heteroatoms. The van der Waals surface area contributed by atoms with Crippen molar-refractivity contribution in [2.75, 3.05) is 32.7 Å². The molecule has 0 spiro atoms. The summed E-state index contributed by atoms with van der Waals surface area (Å²) in [5.74, 6) is -0.657. The van der Waals surface area contributed by atoms with E-state index in [4.69, 9.17) is 0 Å². The van der Waals surface area contributed by atoms with Crippen LogP contribution in [0.15, 0.2) is 0 Å². The maximum atomic E-state index is 12.3. The van der Waals surface area contributed by atoms with E-state index in [1.54, 1.807) is 4.90 Å². The van der Waals surface area contributed by atoms with Crippen molar-refractivity contribution in [2.45, 2.75) is 25.7 Å². The molecule has 0 aromatic heterocycles. The fraction of sp³-hybridized carbons (Fsp3) is 0.786. The van der Waals surface area contributed by atoms with Crippen LogP contribution >= 0.6 is 0 Å². The van der Waals surface area contributed by atoms with Gasteiger partial charge in [-0.2, -0.15) is 0 Å². The molecule has 110 valence electrons. The number of carbonyl (C=O) groups is 3. The summed E-state index contributed by atoms with van der Waals surface area (Å²) in [6.07, 6.45) is 3.46. The highest BCUT2D eigenvalue weighted by Crippen LogP contribution is 2.39. The van der Waals surface area contributed by atoms with Crippen LogP contribution in [0, 0.1) is 11.8 Å². The molecule has 1 saturated carbocycles. The van der Waals surface area contributed by atoms with Crippen LogP contribution in [-0.4, -0.2) is 60.2 Å². The summed E-state index contributed by atoms with van der Waals surface area (Å²) in [6, 6.07) is 0. The molecule has 3 rings (SSSR count). The van der Waals surface area contributed by atoms with E-state index in [2.05, 4.69) is 5.32 Å². The lowest BCUT2D eigenvalue weighted by Gasteiger charge is -2.23. The van der Waals surface area contributed by atoms with Crippen molar-refractivity contribution in [3.05, 3.63) is 0 Å². The third-order valence-electron chi connectivity index (χ3n) is 4.67. The second-order valence-electron chi connectivity index (χ2n) is 5.89. The van der Waals surface area contributed by atoms with Gasteiger partial charge in [0, 0.05) is 19.6 Å². The number of carbonyl (C=O) groups excluding carboxylic acids is 3. The van der Waals surface area contributed by atoms with Crippen LogP contribution < -0.4 is 5.32 Å². The zero-order valence-electron chi connectivity index (χ0n) is 11.6. The summed E-state index contributed by atoms with van der Waals surface area (Å²) in [5, 5.41) is 3.23. The Kier molecular flexibility index (Phi) is 3.74. The van der Waals surface area contributed by atoms with Crippen molar-refractivity contribution in [3.8, 4) is 0 Å². The number of nitrogens with zero attached hydrogens (tertiary/aromatic N) is 2. The lowest BCUT2D eigenvalue weighted by molar-refractivity contribution is -0.146. The van der Waals surface area contributed by atoms with E-state index in [0.717, 1.165) is 38.8 Å². The number of fused-ring (bicyclic) bond motifs is 1. The van der Waals surface area contributed by atoms with Gasteiger partial charge in [0.2, 0.25) is 17.7 Å². The number of hydrogen-bond donors (Lipinski definition) is 1. The standard InChI is InChI=1S/C14H21N3O3/c18-12(16-7-2-5-15-6-8-16)9-17-13(19)10-3-1-4-11(10)14(17)20/h10-11,15H,1-9H2. The summed E-state index contributed by atoms with van der Waals surface area (Å²) in [4.78, 5) is 39.6. The minimum Gasteiger partial charge on any atom is -0.340 e. The van der Waals surface area contributed by atoms with Crippen LogP contribution in [0.3, 0.4) is 0 Å². The maximum absolute atomic E-state index is 12.3. The summed E-state index contributed by atoms with van der Waals surface area (Å²) in [7, 11) is 0. The van der Waals surface area contributed by atoms with Gasteiger partial charge in [0.1, 0.15) is 6.54 Å². The van der Waals surface area contributed by atoms with Crippen molar-refractivity contribution in [1.29, 1.82) is 0 Å². The summed E-state index contributed by atoms with van der Waals surface area (Å²) >= 11 is 0. The molecular weight excluding hydrogens is 258 g/mol. The average molecular weight is 279 g/mol. The molecule has 0 aromatic rings. The third-order valence-corrected chi connectivity index (χ3v) is 4.67. The van der Waals surface area contributed by atoms with Crippen molar-refractivity contribution in [2.24, 2.45) is 11.8 Å². The van der Waals surface area contributed by atoms with Gasteiger partial charge in [0.15, 0.2) is 0 Å². The third kappa shape index (κ3) is 2.32. The fourth-order valence-corrected chi connectivity index (χ4v) is 3.55. The van der Waals surface area contributed by atoms with E-state index in [1.165, 1.54) is 4.90 Å². The molecule has 1 N–H and O–H groups in total. The zero-order valence-corrected chi connectivity index (χ0v) is 11.6. The molecule has 6 nitrogen and oxygen atoms in total. The smallest absolute Gasteiger partial charge is 0.242 e. The molecule has 0 radical (unpaired) electrons. The van der Waals surface area contributed by atoms with Gasteiger partial charge in [-0.25, -0.2) is 0 Å². The Morgan fingerprint density at radius 3 is 2.45 bits per heavy atom. The summed E-state index contributed by atoms with van der Waals surface area (Å²) < 4.78 is 0. The molecule has 2 aliphatic heterocycles. The van der Waals surface area contributed by atoms with Gasteiger partial charge >= 0.3 is 0 Å². The van der Waals surface area contributed by atoms with Gasteiger partial charge in [-0.15, -0.1) is 0 Å². The second-order valence-corrected chi connectivity index (χ2v) is 5.89. The van der Waals surface area contributed by atoms with E-state index < -0.39 is 0 Å². The van der Waals surface area contributed by atoms with E-state index in [9.17, 15) is 14.4 Å². The highest BCUT2D eigenvalue weighted by atomic mass is 16.2. The lowest BCUT2D eigenvalue weighted by Crippen LogP contribution is -2.44. The fourth-order valence-electron chi connectivity index (χ4n) is 3.55. The Labute approximate surface area is 118 Å². The molecule has 3 amide bonds. The van der Waals surface area contributed by atoms with Crippen LogP contribution in [0.2, 0.25) is 0 Å². The molecule has 0 bridgehead atoms. The van der Waals surface area contributed by atoms with Crippen molar-refractivity contribution in [3.63, 3.8) is 0 Å². The molecule has 1 aliphatic carbocycles. The predicted octanol–water partition coefficient (Wildman–Crippen LogP) is -0.407. The summed E-state index contributed by atoms with van der Waals surface area (Å²) in [6.45, 7) is 2.98. The summed E-state index contributed by atoms with van der Waals surface area (Å²) in [5.41, 5.74) is 0. The van der Waals surface area contributed by atoms with Crippen LogP contribution in [0.4, 0.5) is 0 Å². The van der Waals surface area contributed by atoms with Crippen molar-refractivity contribution < 1.29 is 14.4 Å². The molecule has 2 saturated heterocycles. The topological polar surface area (TPSA) is 69.7 Å². The Morgan fingerprint density at radius 1 is 1.05 bits per heavy atom. The van der Waals surface area contributed by atoms with E-state index >= 15 is 0 Å². The Hall–Kier alpha value is -1.43. The number of likely N-dealkylation sites (tertiary alicyclic amines) is 1.